The van der Waals surface area contributed by atoms with E-state index in [1.165, 1.54) is 24.5 Å². The molecular weight excluding hydrogens is 436 g/mol. The molecule has 0 aliphatic carbocycles. The van der Waals surface area contributed by atoms with E-state index in [0.29, 0.717) is 11.8 Å². The van der Waals surface area contributed by atoms with E-state index in [0.717, 1.165) is 55.7 Å². The van der Waals surface area contributed by atoms with Crippen molar-refractivity contribution in [3.63, 3.8) is 0 Å². The Bertz CT molecular complexity index is 921. The first-order valence-corrected chi connectivity index (χ1v) is 10.8. The Hall–Kier alpha value is -1.63. The van der Waals surface area contributed by atoms with Gasteiger partial charge < -0.3 is 9.80 Å². The van der Waals surface area contributed by atoms with Crippen LogP contribution >= 0.6 is 24.8 Å². The van der Waals surface area contributed by atoms with E-state index < -0.39 is 0 Å². The third-order valence-corrected chi connectivity index (χ3v) is 7.12. The van der Waals surface area contributed by atoms with Crippen molar-refractivity contribution >= 4 is 36.6 Å². The zero-order chi connectivity index (χ0) is 20.1. The molecule has 3 aliphatic rings. The Morgan fingerprint density at radius 1 is 0.968 bits per heavy atom. The summed E-state index contributed by atoms with van der Waals surface area (Å²) in [5.74, 6) is 2.91. The smallest absolute Gasteiger partial charge is 0.227 e. The van der Waals surface area contributed by atoms with Crippen molar-refractivity contribution in [2.75, 3.05) is 49.6 Å². The van der Waals surface area contributed by atoms with Gasteiger partial charge >= 0.3 is 0 Å². The molecule has 3 atom stereocenters. The zero-order valence-electron chi connectivity index (χ0n) is 18.4. The van der Waals surface area contributed by atoms with Gasteiger partial charge in [-0.25, -0.2) is 9.37 Å². The Morgan fingerprint density at radius 2 is 1.71 bits per heavy atom. The Balaban J connectivity index is 0.00000136. The van der Waals surface area contributed by atoms with Gasteiger partial charge in [0.15, 0.2) is 0 Å². The number of fused-ring (bicyclic) bond motifs is 1. The molecule has 31 heavy (non-hydrogen) atoms. The molecule has 3 fully saturated rings. The quantitative estimate of drug-likeness (QED) is 0.667. The molecule has 3 aliphatic heterocycles. The minimum Gasteiger partial charge on any atom is -0.356 e. The van der Waals surface area contributed by atoms with Crippen molar-refractivity contribution < 1.29 is 4.39 Å². The van der Waals surface area contributed by atoms with Crippen molar-refractivity contribution in [2.24, 2.45) is 11.8 Å². The summed E-state index contributed by atoms with van der Waals surface area (Å²) in [5, 5.41) is 0. The van der Waals surface area contributed by atoms with Crippen LogP contribution in [0.25, 0.3) is 0 Å². The van der Waals surface area contributed by atoms with Gasteiger partial charge in [-0.3, -0.25) is 4.90 Å². The number of hydrogen-bond donors (Lipinski definition) is 0. The molecule has 2 aromatic rings. The monoisotopic (exact) mass is 467 g/mol. The molecule has 1 aromatic heterocycles. The van der Waals surface area contributed by atoms with Crippen LogP contribution in [0, 0.1) is 31.5 Å². The third-order valence-electron chi connectivity index (χ3n) is 7.12. The van der Waals surface area contributed by atoms with Crippen LogP contribution in [-0.2, 0) is 0 Å². The molecule has 0 N–H and O–H groups in total. The van der Waals surface area contributed by atoms with Gasteiger partial charge in [0.05, 0.1) is 0 Å². The summed E-state index contributed by atoms with van der Waals surface area (Å²) in [6, 6.07) is 7.41. The van der Waals surface area contributed by atoms with E-state index in [-0.39, 0.29) is 36.7 Å². The lowest BCUT2D eigenvalue weighted by Gasteiger charge is -2.28. The number of anilines is 2. The maximum atomic E-state index is 13.9. The SMILES string of the molecule is Cc1nc(N2CCCC2)nc(N2C[C@@H]3CN(C)[C@@H](c4cccc(F)c4)[C@@H]3C2)c1C.Cl.Cl. The van der Waals surface area contributed by atoms with E-state index in [4.69, 9.17) is 9.97 Å². The average molecular weight is 468 g/mol. The Kier molecular flexibility index (Phi) is 7.34. The van der Waals surface area contributed by atoms with Gasteiger partial charge in [-0.15, -0.1) is 24.8 Å². The second kappa shape index (κ2) is 9.47. The van der Waals surface area contributed by atoms with Gasteiger partial charge in [-0.1, -0.05) is 12.1 Å². The summed E-state index contributed by atoms with van der Waals surface area (Å²) in [6.07, 6.45) is 2.45. The molecule has 0 saturated carbocycles. The van der Waals surface area contributed by atoms with Crippen LogP contribution in [0.4, 0.5) is 16.2 Å². The van der Waals surface area contributed by atoms with Crippen LogP contribution in [0.2, 0.25) is 0 Å². The highest BCUT2D eigenvalue weighted by molar-refractivity contribution is 5.85. The molecule has 1 aromatic carbocycles. The second-order valence-corrected chi connectivity index (χ2v) is 9.02. The van der Waals surface area contributed by atoms with Crippen LogP contribution in [0.5, 0.6) is 0 Å². The summed E-state index contributed by atoms with van der Waals surface area (Å²) in [4.78, 5) is 17.0. The largest absolute Gasteiger partial charge is 0.356 e. The van der Waals surface area contributed by atoms with Gasteiger partial charge in [-0.2, -0.15) is 4.98 Å². The standard InChI is InChI=1S/C23H30FN5.2ClH/c1-15-16(2)25-23(28-9-4-5-10-28)26-22(15)29-13-18-12-27(3)21(20(18)14-29)17-7-6-8-19(24)11-17;;/h6-8,11,18,20-21H,4-5,9-10,12-14H2,1-3H3;2*1H/t18-,20+,21-;;/m0../s1. The van der Waals surface area contributed by atoms with E-state index in [9.17, 15) is 4.39 Å². The van der Waals surface area contributed by atoms with E-state index in [1.54, 1.807) is 6.07 Å². The third kappa shape index (κ3) is 4.35. The van der Waals surface area contributed by atoms with E-state index >= 15 is 0 Å². The van der Waals surface area contributed by atoms with Gasteiger partial charge in [0.1, 0.15) is 11.6 Å². The summed E-state index contributed by atoms with van der Waals surface area (Å²) >= 11 is 0. The van der Waals surface area contributed by atoms with E-state index in [2.05, 4.69) is 41.7 Å². The summed E-state index contributed by atoms with van der Waals surface area (Å²) in [6.45, 7) is 9.37. The second-order valence-electron chi connectivity index (χ2n) is 9.02. The minimum absolute atomic E-state index is 0. The summed E-state index contributed by atoms with van der Waals surface area (Å²) in [5.41, 5.74) is 3.35. The zero-order valence-corrected chi connectivity index (χ0v) is 20.1. The predicted molar refractivity (Wildman–Crippen MR) is 128 cm³/mol. The first-order valence-electron chi connectivity index (χ1n) is 10.8. The van der Waals surface area contributed by atoms with Crippen LogP contribution < -0.4 is 9.80 Å². The highest BCUT2D eigenvalue weighted by atomic mass is 35.5. The van der Waals surface area contributed by atoms with Gasteiger partial charge in [0.2, 0.25) is 5.95 Å². The maximum absolute atomic E-state index is 13.9. The summed E-state index contributed by atoms with van der Waals surface area (Å²) in [7, 11) is 2.17. The number of aryl methyl sites for hydroxylation is 1. The van der Waals surface area contributed by atoms with Crippen LogP contribution in [0.15, 0.2) is 24.3 Å². The average Bonchev–Trinajstić information content (AvgIpc) is 3.40. The predicted octanol–water partition coefficient (Wildman–Crippen LogP) is 4.42. The fourth-order valence-electron chi connectivity index (χ4n) is 5.59. The molecule has 0 bridgehead atoms. The highest BCUT2D eigenvalue weighted by Crippen LogP contribution is 2.45. The number of nitrogens with zero attached hydrogens (tertiary/aromatic N) is 5. The number of halogens is 3. The van der Waals surface area contributed by atoms with Crippen molar-refractivity contribution in [3.8, 4) is 0 Å². The molecule has 4 heterocycles. The molecule has 0 amide bonds. The molecule has 8 heteroatoms. The number of benzene rings is 1. The normalized spacial score (nSPS) is 25.4. The summed E-state index contributed by atoms with van der Waals surface area (Å²) < 4.78 is 13.9. The lowest BCUT2D eigenvalue weighted by atomic mass is 9.89. The van der Waals surface area contributed by atoms with Gasteiger partial charge in [0, 0.05) is 55.9 Å². The topological polar surface area (TPSA) is 35.5 Å². The van der Waals surface area contributed by atoms with Crippen LogP contribution in [0.1, 0.15) is 35.7 Å². The molecule has 0 radical (unpaired) electrons. The molecule has 5 nitrogen and oxygen atoms in total. The molecule has 0 unspecified atom stereocenters. The minimum atomic E-state index is -0.147. The lowest BCUT2D eigenvalue weighted by Crippen LogP contribution is -2.31. The first kappa shape index (κ1) is 24.0. The maximum Gasteiger partial charge on any atom is 0.227 e. The Morgan fingerprint density at radius 3 is 2.42 bits per heavy atom. The highest BCUT2D eigenvalue weighted by Gasteiger charge is 2.46. The number of rotatable bonds is 3. The fraction of sp³-hybridized carbons (Fsp3) is 0.565. The van der Waals surface area contributed by atoms with Crippen LogP contribution in [0.3, 0.4) is 0 Å². The van der Waals surface area contributed by atoms with Crippen LogP contribution in [-0.4, -0.2) is 54.6 Å². The fourth-order valence-corrected chi connectivity index (χ4v) is 5.59. The number of aromatic nitrogens is 2. The van der Waals surface area contributed by atoms with Crippen molar-refractivity contribution in [1.29, 1.82) is 0 Å². The Labute approximate surface area is 196 Å². The van der Waals surface area contributed by atoms with E-state index in [1.807, 2.05) is 6.07 Å². The first-order chi connectivity index (χ1) is 14.0. The number of likely N-dealkylation sites (tertiary alicyclic amines) is 1. The van der Waals surface area contributed by atoms with Crippen molar-refractivity contribution in [3.05, 3.63) is 46.9 Å². The van der Waals surface area contributed by atoms with Crippen molar-refractivity contribution in [1.82, 2.24) is 14.9 Å². The molecule has 5 rings (SSSR count). The number of hydrogen-bond acceptors (Lipinski definition) is 5. The molecule has 3 saturated heterocycles. The van der Waals surface area contributed by atoms with Gasteiger partial charge in [-0.05, 0) is 57.4 Å². The molecule has 170 valence electrons. The molecular formula is C23H32Cl2FN5. The molecule has 0 spiro atoms. The van der Waals surface area contributed by atoms with Gasteiger partial charge in [0.25, 0.3) is 0 Å². The lowest BCUT2D eigenvalue weighted by molar-refractivity contribution is 0.279. The van der Waals surface area contributed by atoms with Crippen molar-refractivity contribution in [2.45, 2.75) is 32.7 Å².